The minimum atomic E-state index is 0.334. The Balaban J connectivity index is 1.63. The Kier molecular flexibility index (Phi) is 4.19. The lowest BCUT2D eigenvalue weighted by atomic mass is 9.84. The molecule has 1 saturated carbocycles. The second kappa shape index (κ2) is 6.06. The van der Waals surface area contributed by atoms with E-state index in [4.69, 9.17) is 5.73 Å². The van der Waals surface area contributed by atoms with Crippen LogP contribution in [0, 0.1) is 5.92 Å². The molecule has 1 nitrogen and oxygen atoms in total. The van der Waals surface area contributed by atoms with Gasteiger partial charge < -0.3 is 5.73 Å². The first-order valence-electron chi connectivity index (χ1n) is 7.53. The van der Waals surface area contributed by atoms with Crippen LogP contribution in [-0.4, -0.2) is 6.04 Å². The molecule has 0 amide bonds. The van der Waals surface area contributed by atoms with Crippen LogP contribution in [0.15, 0.2) is 29.6 Å². The van der Waals surface area contributed by atoms with E-state index in [0.717, 1.165) is 12.3 Å². The van der Waals surface area contributed by atoms with E-state index < -0.39 is 0 Å². The zero-order valence-electron chi connectivity index (χ0n) is 11.5. The molecular weight excluding hydrogens is 250 g/mol. The number of hydrogen-bond acceptors (Lipinski definition) is 2. The molecule has 2 aromatic rings. The van der Waals surface area contributed by atoms with Crippen molar-refractivity contribution in [3.63, 3.8) is 0 Å². The van der Waals surface area contributed by atoms with E-state index in [2.05, 4.69) is 29.6 Å². The van der Waals surface area contributed by atoms with Crippen LogP contribution in [0.25, 0.3) is 10.1 Å². The highest BCUT2D eigenvalue weighted by Gasteiger charge is 2.17. The van der Waals surface area contributed by atoms with Crippen molar-refractivity contribution in [2.45, 2.75) is 51.0 Å². The SMILES string of the molecule is NC(Cc1csc2ccccc12)CC1CCCCC1. The zero-order chi connectivity index (χ0) is 13.1. The van der Waals surface area contributed by atoms with Gasteiger partial charge in [0.15, 0.2) is 0 Å². The van der Waals surface area contributed by atoms with Gasteiger partial charge in [0.2, 0.25) is 0 Å². The van der Waals surface area contributed by atoms with Crippen molar-refractivity contribution in [2.24, 2.45) is 11.7 Å². The number of rotatable bonds is 4. The van der Waals surface area contributed by atoms with Gasteiger partial charge in [0.05, 0.1) is 0 Å². The second-order valence-electron chi connectivity index (χ2n) is 5.96. The molecule has 1 heterocycles. The van der Waals surface area contributed by atoms with Crippen molar-refractivity contribution in [2.75, 3.05) is 0 Å². The summed E-state index contributed by atoms with van der Waals surface area (Å²) in [5.74, 6) is 0.883. The molecule has 0 saturated heterocycles. The van der Waals surface area contributed by atoms with E-state index in [1.807, 2.05) is 11.3 Å². The van der Waals surface area contributed by atoms with E-state index >= 15 is 0 Å². The average Bonchev–Trinajstić information content (AvgIpc) is 2.83. The molecule has 102 valence electrons. The minimum absolute atomic E-state index is 0.334. The van der Waals surface area contributed by atoms with Crippen LogP contribution >= 0.6 is 11.3 Å². The lowest BCUT2D eigenvalue weighted by molar-refractivity contribution is 0.317. The Morgan fingerprint density at radius 1 is 1.16 bits per heavy atom. The molecule has 2 N–H and O–H groups in total. The Bertz CT molecular complexity index is 525. The van der Waals surface area contributed by atoms with Gasteiger partial charge in [-0.25, -0.2) is 0 Å². The summed E-state index contributed by atoms with van der Waals surface area (Å²) in [6, 6.07) is 9.02. The first kappa shape index (κ1) is 13.1. The number of nitrogens with two attached hydrogens (primary N) is 1. The molecule has 1 unspecified atom stereocenters. The molecule has 2 heteroatoms. The number of hydrogen-bond donors (Lipinski definition) is 1. The molecule has 0 radical (unpaired) electrons. The fourth-order valence-electron chi connectivity index (χ4n) is 3.41. The van der Waals surface area contributed by atoms with Gasteiger partial charge >= 0.3 is 0 Å². The maximum Gasteiger partial charge on any atom is 0.0345 e. The molecule has 3 rings (SSSR count). The summed E-state index contributed by atoms with van der Waals surface area (Å²) in [7, 11) is 0. The number of benzene rings is 1. The van der Waals surface area contributed by atoms with Gasteiger partial charge in [0.1, 0.15) is 0 Å². The third kappa shape index (κ3) is 3.18. The topological polar surface area (TPSA) is 26.0 Å². The predicted octanol–water partition coefficient (Wildman–Crippen LogP) is 4.74. The Labute approximate surface area is 119 Å². The molecule has 1 aromatic carbocycles. The second-order valence-corrected chi connectivity index (χ2v) is 6.87. The van der Waals surface area contributed by atoms with Crippen LogP contribution in [0.2, 0.25) is 0 Å². The number of thiophene rings is 1. The van der Waals surface area contributed by atoms with E-state index in [0.29, 0.717) is 6.04 Å². The fourth-order valence-corrected chi connectivity index (χ4v) is 4.38. The monoisotopic (exact) mass is 273 g/mol. The smallest absolute Gasteiger partial charge is 0.0345 e. The summed E-state index contributed by atoms with van der Waals surface area (Å²) in [5, 5.41) is 3.71. The largest absolute Gasteiger partial charge is 0.327 e. The van der Waals surface area contributed by atoms with Crippen molar-refractivity contribution in [1.82, 2.24) is 0 Å². The molecular formula is C17H23NS. The Morgan fingerprint density at radius 2 is 1.95 bits per heavy atom. The van der Waals surface area contributed by atoms with Crippen LogP contribution in [0.4, 0.5) is 0 Å². The van der Waals surface area contributed by atoms with Gasteiger partial charge in [0.25, 0.3) is 0 Å². The molecule has 1 aliphatic carbocycles. The highest BCUT2D eigenvalue weighted by atomic mass is 32.1. The molecule has 1 atom stereocenters. The van der Waals surface area contributed by atoms with Gasteiger partial charge in [0, 0.05) is 10.7 Å². The van der Waals surface area contributed by atoms with E-state index in [9.17, 15) is 0 Å². The molecule has 0 aliphatic heterocycles. The first-order valence-corrected chi connectivity index (χ1v) is 8.41. The predicted molar refractivity (Wildman–Crippen MR) is 84.7 cm³/mol. The third-order valence-electron chi connectivity index (χ3n) is 4.40. The molecule has 1 fully saturated rings. The molecule has 0 spiro atoms. The van der Waals surface area contributed by atoms with Crippen LogP contribution in [-0.2, 0) is 6.42 Å². The standard InChI is InChI=1S/C17H23NS/c18-15(10-13-6-2-1-3-7-13)11-14-12-19-17-9-5-4-8-16(14)17/h4-5,8-9,12-13,15H,1-3,6-7,10-11,18H2. The molecule has 19 heavy (non-hydrogen) atoms. The highest BCUT2D eigenvalue weighted by Crippen LogP contribution is 2.30. The molecule has 1 aliphatic rings. The lowest BCUT2D eigenvalue weighted by Gasteiger charge is -2.24. The summed E-state index contributed by atoms with van der Waals surface area (Å²) >= 11 is 1.85. The molecule has 0 bridgehead atoms. The maximum absolute atomic E-state index is 6.39. The molecule has 1 aromatic heterocycles. The van der Waals surface area contributed by atoms with Crippen molar-refractivity contribution in [1.29, 1.82) is 0 Å². The van der Waals surface area contributed by atoms with Gasteiger partial charge in [-0.3, -0.25) is 0 Å². The summed E-state index contributed by atoms with van der Waals surface area (Å²) in [4.78, 5) is 0. The summed E-state index contributed by atoms with van der Waals surface area (Å²) < 4.78 is 1.39. The summed E-state index contributed by atoms with van der Waals surface area (Å²) in [5.41, 5.74) is 7.84. The maximum atomic E-state index is 6.39. The van der Waals surface area contributed by atoms with Crippen LogP contribution in [0.3, 0.4) is 0 Å². The average molecular weight is 273 g/mol. The Hall–Kier alpha value is -0.860. The quantitative estimate of drug-likeness (QED) is 0.855. The van der Waals surface area contributed by atoms with E-state index in [1.54, 1.807) is 0 Å². The van der Waals surface area contributed by atoms with Crippen LogP contribution < -0.4 is 5.73 Å². The fraction of sp³-hybridized carbons (Fsp3) is 0.529. The van der Waals surface area contributed by atoms with E-state index in [-0.39, 0.29) is 0 Å². The van der Waals surface area contributed by atoms with Crippen LogP contribution in [0.5, 0.6) is 0 Å². The van der Waals surface area contributed by atoms with Gasteiger partial charge in [-0.1, -0.05) is 50.3 Å². The van der Waals surface area contributed by atoms with Gasteiger partial charge in [-0.15, -0.1) is 11.3 Å². The Morgan fingerprint density at radius 3 is 2.79 bits per heavy atom. The van der Waals surface area contributed by atoms with Crippen molar-refractivity contribution >= 4 is 21.4 Å². The van der Waals surface area contributed by atoms with Gasteiger partial charge in [-0.2, -0.15) is 0 Å². The zero-order valence-corrected chi connectivity index (χ0v) is 12.3. The summed E-state index contributed by atoms with van der Waals surface area (Å²) in [6.45, 7) is 0. The van der Waals surface area contributed by atoms with Crippen LogP contribution in [0.1, 0.15) is 44.1 Å². The highest BCUT2D eigenvalue weighted by molar-refractivity contribution is 7.17. The normalized spacial score (nSPS) is 18.8. The third-order valence-corrected chi connectivity index (χ3v) is 5.42. The first-order chi connectivity index (χ1) is 9.33. The van der Waals surface area contributed by atoms with Crippen molar-refractivity contribution < 1.29 is 0 Å². The lowest BCUT2D eigenvalue weighted by Crippen LogP contribution is -2.26. The van der Waals surface area contributed by atoms with Crippen molar-refractivity contribution in [3.05, 3.63) is 35.2 Å². The van der Waals surface area contributed by atoms with Crippen molar-refractivity contribution in [3.8, 4) is 0 Å². The minimum Gasteiger partial charge on any atom is -0.327 e. The number of fused-ring (bicyclic) bond motifs is 1. The van der Waals surface area contributed by atoms with Gasteiger partial charge in [-0.05, 0) is 41.2 Å². The van der Waals surface area contributed by atoms with E-state index in [1.165, 1.54) is 54.2 Å². The summed E-state index contributed by atoms with van der Waals surface area (Å²) in [6.07, 6.45) is 9.32.